The molecule has 1 saturated carbocycles. The number of H-pyrrole nitrogens is 1. The lowest BCUT2D eigenvalue weighted by molar-refractivity contribution is 0.126. The Hall–Kier alpha value is -3.65. The maximum absolute atomic E-state index is 9.80. The highest BCUT2D eigenvalue weighted by Gasteiger charge is 2.21. The molecule has 176 valence electrons. The minimum absolute atomic E-state index is 0.195. The molecular formula is C26H30N6O2. The van der Waals surface area contributed by atoms with Crippen molar-refractivity contribution >= 4 is 28.6 Å². The number of aliphatic hydroxyl groups is 1. The second-order valence-corrected chi connectivity index (χ2v) is 8.83. The number of aromatic amines is 1. The van der Waals surface area contributed by atoms with Gasteiger partial charge in [-0.2, -0.15) is 9.97 Å². The molecule has 0 saturated heterocycles. The molecule has 0 atom stereocenters. The van der Waals surface area contributed by atoms with Gasteiger partial charge in [-0.3, -0.25) is 0 Å². The number of aliphatic hydroxyl groups excluding tert-OH is 1. The summed E-state index contributed by atoms with van der Waals surface area (Å²) in [7, 11) is 0. The summed E-state index contributed by atoms with van der Waals surface area (Å²) < 4.78 is 5.95. The van der Waals surface area contributed by atoms with E-state index in [1.807, 2.05) is 43.3 Å². The fourth-order valence-corrected chi connectivity index (χ4v) is 4.32. The Morgan fingerprint density at radius 3 is 2.68 bits per heavy atom. The van der Waals surface area contributed by atoms with Gasteiger partial charge in [-0.1, -0.05) is 30.3 Å². The molecule has 1 aliphatic rings. The lowest BCUT2D eigenvalue weighted by Crippen LogP contribution is -2.28. The van der Waals surface area contributed by atoms with Crippen LogP contribution in [-0.2, 0) is 6.42 Å². The summed E-state index contributed by atoms with van der Waals surface area (Å²) >= 11 is 0. The zero-order chi connectivity index (χ0) is 23.3. The topological polar surface area (TPSA) is 108 Å². The zero-order valence-corrected chi connectivity index (χ0v) is 19.3. The van der Waals surface area contributed by atoms with E-state index >= 15 is 0 Å². The highest BCUT2D eigenvalue weighted by Crippen LogP contribution is 2.28. The van der Waals surface area contributed by atoms with Crippen LogP contribution in [0, 0.1) is 6.92 Å². The Morgan fingerprint density at radius 2 is 1.88 bits per heavy atom. The van der Waals surface area contributed by atoms with E-state index in [1.165, 1.54) is 5.56 Å². The largest absolute Gasteiger partial charge is 0.493 e. The molecule has 0 spiro atoms. The summed E-state index contributed by atoms with van der Waals surface area (Å²) in [4.78, 5) is 16.8. The Labute approximate surface area is 198 Å². The van der Waals surface area contributed by atoms with E-state index in [4.69, 9.17) is 9.72 Å². The zero-order valence-electron chi connectivity index (χ0n) is 19.3. The Bertz CT molecular complexity index is 1230. The van der Waals surface area contributed by atoms with Crippen LogP contribution in [0.3, 0.4) is 0 Å². The maximum atomic E-state index is 9.80. The molecule has 8 heteroatoms. The average molecular weight is 459 g/mol. The van der Waals surface area contributed by atoms with E-state index in [9.17, 15) is 5.11 Å². The molecule has 1 fully saturated rings. The Morgan fingerprint density at radius 1 is 1.06 bits per heavy atom. The molecule has 0 aliphatic heterocycles. The fourth-order valence-electron chi connectivity index (χ4n) is 4.32. The van der Waals surface area contributed by atoms with Gasteiger partial charge in [0.1, 0.15) is 11.3 Å². The number of nitrogens with zero attached hydrogens (tertiary/aromatic N) is 3. The third-order valence-electron chi connectivity index (χ3n) is 6.26. The van der Waals surface area contributed by atoms with Gasteiger partial charge < -0.3 is 25.5 Å². The van der Waals surface area contributed by atoms with Gasteiger partial charge in [0, 0.05) is 18.2 Å². The molecule has 0 radical (unpaired) electrons. The predicted octanol–water partition coefficient (Wildman–Crippen LogP) is 4.74. The average Bonchev–Trinajstić information content (AvgIpc) is 3.32. The second kappa shape index (κ2) is 10.1. The molecule has 4 aromatic rings. The van der Waals surface area contributed by atoms with Crippen LogP contribution in [0.4, 0.5) is 17.5 Å². The molecule has 0 amide bonds. The number of ether oxygens (including phenoxy) is 1. The van der Waals surface area contributed by atoms with Crippen LogP contribution in [0.1, 0.15) is 36.8 Å². The number of rotatable bonds is 8. The first kappa shape index (κ1) is 22.2. The molecule has 8 nitrogen and oxygen atoms in total. The minimum atomic E-state index is -0.195. The van der Waals surface area contributed by atoms with E-state index in [0.717, 1.165) is 54.6 Å². The first-order chi connectivity index (χ1) is 16.6. The van der Waals surface area contributed by atoms with Crippen LogP contribution in [-0.4, -0.2) is 43.8 Å². The highest BCUT2D eigenvalue weighted by molar-refractivity contribution is 5.84. The lowest BCUT2D eigenvalue weighted by Gasteiger charge is -2.26. The van der Waals surface area contributed by atoms with Crippen LogP contribution in [0.25, 0.3) is 11.2 Å². The van der Waals surface area contributed by atoms with Crippen molar-refractivity contribution in [2.24, 2.45) is 0 Å². The number of hydrogen-bond donors (Lipinski definition) is 4. The smallest absolute Gasteiger partial charge is 0.231 e. The normalized spacial score (nSPS) is 18.1. The molecular weight excluding hydrogens is 428 g/mol. The van der Waals surface area contributed by atoms with Gasteiger partial charge in [0.2, 0.25) is 5.95 Å². The summed E-state index contributed by atoms with van der Waals surface area (Å²) in [6, 6.07) is 16.6. The van der Waals surface area contributed by atoms with Gasteiger partial charge in [0.25, 0.3) is 0 Å². The predicted molar refractivity (Wildman–Crippen MR) is 134 cm³/mol. The van der Waals surface area contributed by atoms with Crippen LogP contribution in [0.5, 0.6) is 5.75 Å². The molecule has 4 N–H and O–H groups in total. The SMILES string of the molecule is Cc1cc(OCCc2ccccc2)ccc1Nc1nc(N[C@H]2CC[C@H](O)CC2)c2nc[nH]c2n1. The molecule has 5 rings (SSSR count). The van der Waals surface area contributed by atoms with Crippen LogP contribution in [0.2, 0.25) is 0 Å². The van der Waals surface area contributed by atoms with Crippen LogP contribution >= 0.6 is 0 Å². The molecule has 2 heterocycles. The van der Waals surface area contributed by atoms with Crippen molar-refractivity contribution in [1.29, 1.82) is 0 Å². The van der Waals surface area contributed by atoms with E-state index in [1.54, 1.807) is 6.33 Å². The molecule has 34 heavy (non-hydrogen) atoms. The monoisotopic (exact) mass is 458 g/mol. The quantitative estimate of drug-likeness (QED) is 0.302. The number of anilines is 3. The number of hydrogen-bond acceptors (Lipinski definition) is 7. The van der Waals surface area contributed by atoms with Gasteiger partial charge in [-0.25, -0.2) is 4.98 Å². The standard InChI is InChI=1S/C26H30N6O2/c1-17-15-21(34-14-13-18-5-3-2-4-6-18)11-12-22(17)30-26-31-24-23(27-16-28-24)25(32-26)29-19-7-9-20(33)10-8-19/h2-6,11-12,15-16,19-20,33H,7-10,13-14H2,1H3,(H3,27,28,29,30,31,32)/t19-,20-. The maximum Gasteiger partial charge on any atom is 0.231 e. The molecule has 0 bridgehead atoms. The molecule has 0 unspecified atom stereocenters. The highest BCUT2D eigenvalue weighted by atomic mass is 16.5. The summed E-state index contributed by atoms with van der Waals surface area (Å²) in [6.45, 7) is 2.66. The summed E-state index contributed by atoms with van der Waals surface area (Å²) in [5.74, 6) is 2.04. The van der Waals surface area contributed by atoms with E-state index in [0.29, 0.717) is 24.0 Å². The first-order valence-electron chi connectivity index (χ1n) is 11.8. The van der Waals surface area contributed by atoms with Crippen molar-refractivity contribution in [3.05, 3.63) is 66.0 Å². The number of aryl methyl sites for hydroxylation is 1. The number of benzene rings is 2. The number of fused-ring (bicyclic) bond motifs is 1. The lowest BCUT2D eigenvalue weighted by atomic mass is 9.93. The van der Waals surface area contributed by atoms with Crippen molar-refractivity contribution < 1.29 is 9.84 Å². The Balaban J connectivity index is 1.27. The van der Waals surface area contributed by atoms with Gasteiger partial charge in [0.15, 0.2) is 11.5 Å². The third-order valence-corrected chi connectivity index (χ3v) is 6.26. The van der Waals surface area contributed by atoms with Gasteiger partial charge in [-0.05, 0) is 61.9 Å². The third kappa shape index (κ3) is 5.28. The molecule has 2 aromatic carbocycles. The minimum Gasteiger partial charge on any atom is -0.493 e. The van der Waals surface area contributed by atoms with Crippen LogP contribution < -0.4 is 15.4 Å². The summed E-state index contributed by atoms with van der Waals surface area (Å²) in [5, 5.41) is 16.7. The van der Waals surface area contributed by atoms with Gasteiger partial charge in [0.05, 0.1) is 19.0 Å². The van der Waals surface area contributed by atoms with Crippen molar-refractivity contribution in [3.63, 3.8) is 0 Å². The number of aromatic nitrogens is 4. The number of imidazole rings is 1. The summed E-state index contributed by atoms with van der Waals surface area (Å²) in [5.41, 5.74) is 4.62. The van der Waals surface area contributed by atoms with Crippen molar-refractivity contribution in [1.82, 2.24) is 19.9 Å². The fraction of sp³-hybridized carbons (Fsp3) is 0.346. The Kier molecular flexibility index (Phi) is 6.58. The van der Waals surface area contributed by atoms with E-state index < -0.39 is 0 Å². The molecule has 2 aromatic heterocycles. The van der Waals surface area contributed by atoms with Crippen LogP contribution in [0.15, 0.2) is 54.9 Å². The van der Waals surface area contributed by atoms with Crippen molar-refractivity contribution in [3.8, 4) is 5.75 Å². The second-order valence-electron chi connectivity index (χ2n) is 8.83. The molecule has 1 aliphatic carbocycles. The van der Waals surface area contributed by atoms with Crippen molar-refractivity contribution in [2.45, 2.75) is 51.2 Å². The van der Waals surface area contributed by atoms with E-state index in [2.05, 4.69) is 37.7 Å². The van der Waals surface area contributed by atoms with Crippen molar-refractivity contribution in [2.75, 3.05) is 17.2 Å². The van der Waals surface area contributed by atoms with E-state index in [-0.39, 0.29) is 12.1 Å². The summed E-state index contributed by atoms with van der Waals surface area (Å²) in [6.07, 6.45) is 5.72. The number of nitrogens with one attached hydrogen (secondary N) is 3. The van der Waals surface area contributed by atoms with Gasteiger partial charge >= 0.3 is 0 Å². The first-order valence-corrected chi connectivity index (χ1v) is 11.8. The van der Waals surface area contributed by atoms with Gasteiger partial charge in [-0.15, -0.1) is 0 Å².